The monoisotopic (exact) mass is 777 g/mol. The van der Waals surface area contributed by atoms with Crippen LogP contribution in [0.1, 0.15) is 33.4 Å². The van der Waals surface area contributed by atoms with E-state index in [-0.39, 0.29) is 18.1 Å². The maximum Gasteiger partial charge on any atom is 0.342 e. The number of amides is 3. The summed E-state index contributed by atoms with van der Waals surface area (Å²) >= 11 is 0. The molecular formula is C47H39N9O3. The predicted octanol–water partition coefficient (Wildman–Crippen LogP) is 8.58. The maximum atomic E-state index is 13.1. The van der Waals surface area contributed by atoms with Gasteiger partial charge in [0.25, 0.3) is 0 Å². The average Bonchev–Trinajstić information content (AvgIpc) is 4.06. The van der Waals surface area contributed by atoms with E-state index in [0.29, 0.717) is 26.1 Å². The smallest absolute Gasteiger partial charge is 0.332 e. The van der Waals surface area contributed by atoms with E-state index in [2.05, 4.69) is 85.8 Å². The van der Waals surface area contributed by atoms with Gasteiger partial charge >= 0.3 is 18.1 Å². The Morgan fingerprint density at radius 3 is 1.54 bits per heavy atom. The minimum atomic E-state index is -0.327. The van der Waals surface area contributed by atoms with E-state index in [4.69, 9.17) is 0 Å². The van der Waals surface area contributed by atoms with E-state index < -0.39 is 0 Å². The average molecular weight is 778 g/mol. The normalized spacial score (nSPS) is 11.3. The highest BCUT2D eigenvalue weighted by Crippen LogP contribution is 2.26. The minimum Gasteiger partial charge on any atom is -0.332 e. The minimum absolute atomic E-state index is 0.280. The summed E-state index contributed by atoms with van der Waals surface area (Å²) < 4.78 is 3.94. The van der Waals surface area contributed by atoms with Gasteiger partial charge in [-0.3, -0.25) is 0 Å². The topological polar surface area (TPSA) is 141 Å². The van der Waals surface area contributed by atoms with Gasteiger partial charge in [-0.15, -0.1) is 0 Å². The molecule has 12 heteroatoms. The van der Waals surface area contributed by atoms with Crippen LogP contribution in [0.25, 0.3) is 43.4 Å². The molecule has 0 atom stereocenters. The second kappa shape index (κ2) is 15.9. The highest BCUT2D eigenvalue weighted by atomic mass is 16.2. The first-order valence-corrected chi connectivity index (χ1v) is 19.3. The van der Waals surface area contributed by atoms with Crippen LogP contribution in [0.2, 0.25) is 0 Å². The van der Waals surface area contributed by atoms with Crippen molar-refractivity contribution in [3.05, 3.63) is 186 Å². The van der Waals surface area contributed by atoms with Crippen molar-refractivity contribution in [3.8, 4) is 11.1 Å². The molecule has 0 saturated heterocycles. The fraction of sp³-hybridized carbons (Fsp3) is 0.106. The zero-order valence-corrected chi connectivity index (χ0v) is 32.2. The summed E-state index contributed by atoms with van der Waals surface area (Å²) in [5, 5.41) is 28.1. The van der Waals surface area contributed by atoms with Crippen LogP contribution >= 0.6 is 0 Å². The van der Waals surface area contributed by atoms with E-state index >= 15 is 0 Å². The molecule has 0 bridgehead atoms. The third kappa shape index (κ3) is 8.33. The Bertz CT molecular complexity index is 3030. The molecule has 0 spiro atoms. The molecule has 290 valence electrons. The summed E-state index contributed by atoms with van der Waals surface area (Å²) in [5.74, 6) is 0. The van der Waals surface area contributed by atoms with Gasteiger partial charge in [0, 0.05) is 50.2 Å². The Labute approximate surface area is 339 Å². The molecule has 6 aromatic carbocycles. The van der Waals surface area contributed by atoms with Crippen molar-refractivity contribution in [1.82, 2.24) is 45.3 Å². The van der Waals surface area contributed by atoms with Gasteiger partial charge in [0.15, 0.2) is 0 Å². The van der Waals surface area contributed by atoms with E-state index in [9.17, 15) is 14.4 Å². The van der Waals surface area contributed by atoms with Gasteiger partial charge in [0.1, 0.15) is 0 Å². The quantitative estimate of drug-likeness (QED) is 0.134. The van der Waals surface area contributed by atoms with Crippen LogP contribution < -0.4 is 16.0 Å². The van der Waals surface area contributed by atoms with E-state index in [1.807, 2.05) is 67.6 Å². The highest BCUT2D eigenvalue weighted by Gasteiger charge is 2.12. The zero-order chi connectivity index (χ0) is 40.3. The molecule has 59 heavy (non-hydrogen) atoms. The number of aromatic nitrogens is 6. The van der Waals surface area contributed by atoms with Crippen molar-refractivity contribution in [1.29, 1.82) is 0 Å². The molecule has 0 fully saturated rings. The summed E-state index contributed by atoms with van der Waals surface area (Å²) in [4.78, 5) is 38.5. The highest BCUT2D eigenvalue weighted by molar-refractivity contribution is 5.89. The third-order valence-corrected chi connectivity index (χ3v) is 10.3. The zero-order valence-electron chi connectivity index (χ0n) is 32.2. The first-order chi connectivity index (χ1) is 28.8. The van der Waals surface area contributed by atoms with Crippen LogP contribution in [0, 0.1) is 6.92 Å². The predicted molar refractivity (Wildman–Crippen MR) is 228 cm³/mol. The lowest BCUT2D eigenvalue weighted by Gasteiger charge is -2.08. The molecular weight excluding hydrogens is 739 g/mol. The van der Waals surface area contributed by atoms with Gasteiger partial charge < -0.3 is 16.0 Å². The molecule has 9 rings (SSSR count). The molecule has 3 N–H and O–H groups in total. The molecule has 12 nitrogen and oxygen atoms in total. The van der Waals surface area contributed by atoms with Gasteiger partial charge in [-0.1, -0.05) is 91.0 Å². The number of hydrogen-bond acceptors (Lipinski definition) is 6. The number of fused-ring (bicyclic) bond motifs is 3. The Morgan fingerprint density at radius 1 is 0.441 bits per heavy atom. The van der Waals surface area contributed by atoms with Crippen LogP contribution in [-0.4, -0.2) is 47.4 Å². The van der Waals surface area contributed by atoms with Gasteiger partial charge in [-0.25, -0.2) is 14.4 Å². The summed E-state index contributed by atoms with van der Waals surface area (Å²) in [6, 6.07) is 37.9. The summed E-state index contributed by atoms with van der Waals surface area (Å²) in [6.45, 7) is 2.97. The fourth-order valence-electron chi connectivity index (χ4n) is 7.18. The Balaban J connectivity index is 0.798. The van der Waals surface area contributed by atoms with Crippen molar-refractivity contribution in [2.45, 2.75) is 33.0 Å². The molecule has 9 aromatic rings. The standard InChI is InChI=1S/C47H39N9O3/c1-31-22-51-54(28-31)45(57)48-24-34-8-12-38-10-6-32(17-42(38)19-34)16-36-26-52-55(29-36)46(58)49-25-35-9-13-39-14-15-41(21-43(39)20-35)44-27-53-56(30-44)47(59)50-23-33-7-11-37-4-2-3-5-40(37)18-33/h2-15,17-22,26-30H,16,23-25H2,1H3,(H,48,57)(H,49,58)(H,50,59). The molecule has 0 unspecified atom stereocenters. The number of rotatable bonds is 9. The lowest BCUT2D eigenvalue weighted by molar-refractivity contribution is 0.238. The van der Waals surface area contributed by atoms with Gasteiger partial charge in [-0.05, 0) is 102 Å². The Hall–Kier alpha value is -7.86. The molecule has 0 aliphatic rings. The lowest BCUT2D eigenvalue weighted by Crippen LogP contribution is -2.28. The number of carbonyl (C=O) groups excluding carboxylic acids is 3. The van der Waals surface area contributed by atoms with Crippen molar-refractivity contribution < 1.29 is 14.4 Å². The molecule has 0 aliphatic carbocycles. The number of carbonyl (C=O) groups is 3. The second-order valence-electron chi connectivity index (χ2n) is 14.7. The largest absolute Gasteiger partial charge is 0.342 e. The van der Waals surface area contributed by atoms with E-state index in [1.54, 1.807) is 37.2 Å². The van der Waals surface area contributed by atoms with Gasteiger partial charge in [-0.2, -0.15) is 29.3 Å². The molecule has 0 saturated carbocycles. The summed E-state index contributed by atoms with van der Waals surface area (Å²) in [7, 11) is 0. The third-order valence-electron chi connectivity index (χ3n) is 10.3. The Morgan fingerprint density at radius 2 is 0.915 bits per heavy atom. The SMILES string of the molecule is Cc1cnn(C(=O)NCc2ccc3ccc(Cc4cnn(C(=O)NCc5ccc6ccc(-c7cnn(C(=O)NCc8ccc9ccccc9c8)c7)cc6c5)c4)cc3c2)c1. The van der Waals surface area contributed by atoms with E-state index in [0.717, 1.165) is 76.8 Å². The van der Waals surface area contributed by atoms with Crippen LogP contribution in [-0.2, 0) is 26.1 Å². The van der Waals surface area contributed by atoms with Crippen LogP contribution in [0.4, 0.5) is 14.4 Å². The van der Waals surface area contributed by atoms with Gasteiger partial charge in [0.05, 0.1) is 18.6 Å². The first kappa shape index (κ1) is 36.8. The Kier molecular flexibility index (Phi) is 9.93. The molecule has 3 heterocycles. The molecule has 0 radical (unpaired) electrons. The second-order valence-corrected chi connectivity index (χ2v) is 14.7. The molecule has 3 aromatic heterocycles. The van der Waals surface area contributed by atoms with Crippen molar-refractivity contribution >= 4 is 50.4 Å². The summed E-state index contributed by atoms with van der Waals surface area (Å²) in [6.07, 6.45) is 10.8. The van der Waals surface area contributed by atoms with Crippen molar-refractivity contribution in [3.63, 3.8) is 0 Å². The van der Waals surface area contributed by atoms with Crippen LogP contribution in [0.3, 0.4) is 0 Å². The van der Waals surface area contributed by atoms with E-state index in [1.165, 1.54) is 14.0 Å². The number of nitrogens with one attached hydrogen (secondary N) is 3. The molecule has 3 amide bonds. The van der Waals surface area contributed by atoms with Gasteiger partial charge in [0.2, 0.25) is 0 Å². The first-order valence-electron chi connectivity index (χ1n) is 19.3. The number of nitrogens with zero attached hydrogens (tertiary/aromatic N) is 6. The molecule has 0 aliphatic heterocycles. The van der Waals surface area contributed by atoms with Crippen molar-refractivity contribution in [2.24, 2.45) is 0 Å². The number of benzene rings is 6. The summed E-state index contributed by atoms with van der Waals surface area (Å²) in [5.41, 5.74) is 7.56. The number of aryl methyl sites for hydroxylation is 1. The lowest BCUT2D eigenvalue weighted by atomic mass is 10.0. The number of hydrogen-bond donors (Lipinski definition) is 3. The van der Waals surface area contributed by atoms with Crippen LogP contribution in [0.15, 0.2) is 152 Å². The van der Waals surface area contributed by atoms with Crippen LogP contribution in [0.5, 0.6) is 0 Å². The fourth-order valence-corrected chi connectivity index (χ4v) is 7.18. The van der Waals surface area contributed by atoms with Crippen molar-refractivity contribution in [2.75, 3.05) is 0 Å². The maximum absolute atomic E-state index is 13.1.